The van der Waals surface area contributed by atoms with Crippen LogP contribution in [0.15, 0.2) is 46.2 Å². The maximum Gasteiger partial charge on any atom is 0.345 e. The van der Waals surface area contributed by atoms with E-state index in [1.54, 1.807) is 36.0 Å². The maximum absolute atomic E-state index is 12.9. The topological polar surface area (TPSA) is 98.9 Å². The highest BCUT2D eigenvalue weighted by Crippen LogP contribution is 2.22. The first-order valence-corrected chi connectivity index (χ1v) is 9.93. The molecular formula is C17H19N5O3S. The summed E-state index contributed by atoms with van der Waals surface area (Å²) >= 11 is 0. The van der Waals surface area contributed by atoms with Crippen LogP contribution in [0.2, 0.25) is 0 Å². The number of pyridine rings is 1. The van der Waals surface area contributed by atoms with Gasteiger partial charge in [0, 0.05) is 37.6 Å². The van der Waals surface area contributed by atoms with Crippen LogP contribution in [0, 0.1) is 0 Å². The largest absolute Gasteiger partial charge is 0.345 e. The van der Waals surface area contributed by atoms with Crippen molar-refractivity contribution in [1.82, 2.24) is 24.1 Å². The van der Waals surface area contributed by atoms with Crippen molar-refractivity contribution in [2.24, 2.45) is 7.05 Å². The quantitative estimate of drug-likeness (QED) is 0.733. The molecule has 0 spiro atoms. The molecule has 8 nitrogen and oxygen atoms in total. The zero-order valence-electron chi connectivity index (χ0n) is 14.3. The monoisotopic (exact) mass is 373 g/mol. The number of nitrogens with zero attached hydrogens (tertiary/aromatic N) is 4. The van der Waals surface area contributed by atoms with Gasteiger partial charge in [0.25, 0.3) is 0 Å². The maximum atomic E-state index is 12.9. The van der Waals surface area contributed by atoms with Crippen LogP contribution >= 0.6 is 0 Å². The van der Waals surface area contributed by atoms with E-state index in [0.717, 1.165) is 5.39 Å². The molecule has 1 aromatic carbocycles. The van der Waals surface area contributed by atoms with E-state index in [1.165, 1.54) is 4.68 Å². The molecule has 9 heteroatoms. The SMILES string of the molecule is Cn1nc2n(c1=O)CCC(NS(=O)(=O)c1cccc3cccnc13)CC2. The summed E-state index contributed by atoms with van der Waals surface area (Å²) in [5.41, 5.74) is 0.291. The molecule has 3 heterocycles. The number of para-hydroxylation sites is 1. The van der Waals surface area contributed by atoms with E-state index in [9.17, 15) is 13.2 Å². The van der Waals surface area contributed by atoms with Crippen molar-refractivity contribution in [2.75, 3.05) is 0 Å². The summed E-state index contributed by atoms with van der Waals surface area (Å²) in [7, 11) is -2.09. The highest BCUT2D eigenvalue weighted by Gasteiger charge is 2.26. The van der Waals surface area contributed by atoms with E-state index in [-0.39, 0.29) is 16.6 Å². The molecule has 0 saturated carbocycles. The number of rotatable bonds is 3. The van der Waals surface area contributed by atoms with E-state index in [2.05, 4.69) is 14.8 Å². The van der Waals surface area contributed by atoms with Gasteiger partial charge in [-0.1, -0.05) is 18.2 Å². The highest BCUT2D eigenvalue weighted by molar-refractivity contribution is 7.89. The van der Waals surface area contributed by atoms with Gasteiger partial charge in [0.2, 0.25) is 10.0 Å². The van der Waals surface area contributed by atoms with Gasteiger partial charge in [-0.15, -0.1) is 0 Å². The normalized spacial score (nSPS) is 17.8. The third-order valence-electron chi connectivity index (χ3n) is 4.71. The summed E-state index contributed by atoms with van der Waals surface area (Å²) in [6, 6.07) is 8.47. The molecule has 1 aliphatic rings. The van der Waals surface area contributed by atoms with E-state index in [0.29, 0.717) is 37.1 Å². The van der Waals surface area contributed by atoms with Crippen molar-refractivity contribution in [2.45, 2.75) is 36.7 Å². The number of hydrogen-bond donors (Lipinski definition) is 1. The number of sulfonamides is 1. The molecule has 1 atom stereocenters. The van der Waals surface area contributed by atoms with Crippen molar-refractivity contribution in [3.05, 3.63) is 52.8 Å². The number of aromatic nitrogens is 4. The van der Waals surface area contributed by atoms with Crippen LogP contribution in [0.4, 0.5) is 0 Å². The number of benzene rings is 1. The minimum absolute atomic E-state index is 0.165. The lowest BCUT2D eigenvalue weighted by molar-refractivity contribution is 0.490. The minimum atomic E-state index is -3.72. The van der Waals surface area contributed by atoms with E-state index in [1.807, 2.05) is 12.1 Å². The van der Waals surface area contributed by atoms with E-state index >= 15 is 0 Å². The molecule has 26 heavy (non-hydrogen) atoms. The Morgan fingerprint density at radius 2 is 2.00 bits per heavy atom. The van der Waals surface area contributed by atoms with Gasteiger partial charge in [-0.05, 0) is 25.0 Å². The Morgan fingerprint density at radius 1 is 1.19 bits per heavy atom. The fourth-order valence-corrected chi connectivity index (χ4v) is 4.88. The van der Waals surface area contributed by atoms with Crippen LogP contribution in [0.5, 0.6) is 0 Å². The molecule has 1 unspecified atom stereocenters. The number of nitrogens with one attached hydrogen (secondary N) is 1. The Morgan fingerprint density at radius 3 is 2.85 bits per heavy atom. The van der Waals surface area contributed by atoms with E-state index < -0.39 is 10.0 Å². The van der Waals surface area contributed by atoms with Crippen molar-refractivity contribution in [3.63, 3.8) is 0 Å². The summed E-state index contributed by atoms with van der Waals surface area (Å²) in [5, 5.41) is 5.00. The smallest absolute Gasteiger partial charge is 0.279 e. The molecular weight excluding hydrogens is 354 g/mol. The zero-order chi connectivity index (χ0) is 18.3. The summed E-state index contributed by atoms with van der Waals surface area (Å²) in [6.07, 6.45) is 3.27. The minimum Gasteiger partial charge on any atom is -0.279 e. The first kappa shape index (κ1) is 16.9. The van der Waals surface area contributed by atoms with Crippen molar-refractivity contribution >= 4 is 20.9 Å². The Labute approximate surface area is 150 Å². The fourth-order valence-electron chi connectivity index (χ4n) is 3.39. The van der Waals surface area contributed by atoms with Crippen molar-refractivity contribution in [3.8, 4) is 0 Å². The molecule has 4 rings (SSSR count). The van der Waals surface area contributed by atoms with Crippen LogP contribution in [-0.4, -0.2) is 33.8 Å². The predicted molar refractivity (Wildman–Crippen MR) is 96.3 cm³/mol. The first-order valence-electron chi connectivity index (χ1n) is 8.44. The van der Waals surface area contributed by atoms with Crippen LogP contribution in [0.25, 0.3) is 10.9 Å². The second-order valence-corrected chi connectivity index (χ2v) is 8.13. The van der Waals surface area contributed by atoms with Gasteiger partial charge in [0.1, 0.15) is 10.7 Å². The molecule has 0 saturated heterocycles. The van der Waals surface area contributed by atoms with Crippen LogP contribution in [0.1, 0.15) is 18.7 Å². The molecule has 0 radical (unpaired) electrons. The second kappa shape index (κ2) is 6.33. The Bertz CT molecular complexity index is 1130. The molecule has 0 fully saturated rings. The Balaban J connectivity index is 1.60. The van der Waals surface area contributed by atoms with Gasteiger partial charge in [-0.2, -0.15) is 5.10 Å². The first-order chi connectivity index (χ1) is 12.5. The molecule has 1 aliphatic heterocycles. The van der Waals surface area contributed by atoms with E-state index in [4.69, 9.17) is 0 Å². The van der Waals surface area contributed by atoms with Gasteiger partial charge in [-0.3, -0.25) is 9.55 Å². The van der Waals surface area contributed by atoms with Gasteiger partial charge in [-0.25, -0.2) is 22.6 Å². The summed E-state index contributed by atoms with van der Waals surface area (Å²) in [5.74, 6) is 0.700. The number of hydrogen-bond acceptors (Lipinski definition) is 5. The van der Waals surface area contributed by atoms with Crippen LogP contribution < -0.4 is 10.4 Å². The van der Waals surface area contributed by atoms with Gasteiger partial charge < -0.3 is 0 Å². The molecule has 0 bridgehead atoms. The van der Waals surface area contributed by atoms with Gasteiger partial charge in [0.15, 0.2) is 0 Å². The summed E-state index contributed by atoms with van der Waals surface area (Å²) in [6.45, 7) is 0.447. The predicted octanol–water partition coefficient (Wildman–Crippen LogP) is 0.813. The van der Waals surface area contributed by atoms with Gasteiger partial charge >= 0.3 is 5.69 Å². The molecule has 136 valence electrons. The third kappa shape index (κ3) is 2.93. The van der Waals surface area contributed by atoms with Crippen molar-refractivity contribution < 1.29 is 8.42 Å². The number of aryl methyl sites for hydroxylation is 2. The molecule has 0 amide bonds. The lowest BCUT2D eigenvalue weighted by Crippen LogP contribution is -2.35. The molecule has 3 aromatic rings. The zero-order valence-corrected chi connectivity index (χ0v) is 15.1. The third-order valence-corrected chi connectivity index (χ3v) is 6.26. The fraction of sp³-hybridized carbons (Fsp3) is 0.353. The lowest BCUT2D eigenvalue weighted by atomic mass is 10.1. The molecule has 2 aromatic heterocycles. The Hall–Kier alpha value is -2.52. The summed E-state index contributed by atoms with van der Waals surface area (Å²) < 4.78 is 31.6. The summed E-state index contributed by atoms with van der Waals surface area (Å²) in [4.78, 5) is 16.4. The molecule has 1 N–H and O–H groups in total. The molecule has 0 aliphatic carbocycles. The van der Waals surface area contributed by atoms with Gasteiger partial charge in [0.05, 0.1) is 5.52 Å². The van der Waals surface area contributed by atoms with Crippen LogP contribution in [0.3, 0.4) is 0 Å². The standard InChI is InChI=1S/C17H19N5O3S/c1-21-17(23)22-11-9-13(7-8-15(22)19-21)20-26(24,25)14-6-2-4-12-5-3-10-18-16(12)14/h2-6,10,13,20H,7-9,11H2,1H3. The second-order valence-electron chi connectivity index (χ2n) is 6.45. The van der Waals surface area contributed by atoms with Crippen LogP contribution in [-0.2, 0) is 30.0 Å². The lowest BCUT2D eigenvalue weighted by Gasteiger charge is -2.17. The average molecular weight is 373 g/mol. The van der Waals surface area contributed by atoms with Crippen molar-refractivity contribution in [1.29, 1.82) is 0 Å². The number of fused-ring (bicyclic) bond motifs is 2. The average Bonchev–Trinajstić information content (AvgIpc) is 2.78. The Kier molecular flexibility index (Phi) is 4.12. The highest BCUT2D eigenvalue weighted by atomic mass is 32.2.